The third-order valence-corrected chi connectivity index (χ3v) is 10.4. The van der Waals surface area contributed by atoms with E-state index in [2.05, 4.69) is 0 Å². The molecule has 2 saturated carbocycles. The largest absolute Gasteiger partial charge is 0.462 e. The molecule has 0 aromatic heterocycles. The first-order chi connectivity index (χ1) is 13.9. The lowest BCUT2D eigenvalue weighted by Gasteiger charge is -2.44. The molecule has 1 aromatic rings. The van der Waals surface area contributed by atoms with E-state index in [0.29, 0.717) is 19.6 Å². The van der Waals surface area contributed by atoms with Gasteiger partial charge in [-0.15, -0.1) is 0 Å². The average Bonchev–Trinajstić information content (AvgIpc) is 3.18. The van der Waals surface area contributed by atoms with E-state index in [1.807, 2.05) is 44.2 Å². The minimum Gasteiger partial charge on any atom is -0.462 e. The Kier molecular flexibility index (Phi) is 6.18. The van der Waals surface area contributed by atoms with Gasteiger partial charge in [-0.1, -0.05) is 44.2 Å². The maximum atomic E-state index is 16.0. The van der Waals surface area contributed by atoms with Crippen LogP contribution in [0.5, 0.6) is 0 Å². The predicted octanol–water partition coefficient (Wildman–Crippen LogP) is 4.66. The van der Waals surface area contributed by atoms with Crippen molar-refractivity contribution >= 4 is 20.3 Å². The van der Waals surface area contributed by atoms with Gasteiger partial charge in [-0.3, -0.25) is 9.59 Å². The highest BCUT2D eigenvalue weighted by Crippen LogP contribution is 2.85. The van der Waals surface area contributed by atoms with Crippen LogP contribution in [0.15, 0.2) is 30.3 Å². The zero-order valence-corrected chi connectivity index (χ0v) is 19.7. The summed E-state index contributed by atoms with van der Waals surface area (Å²) in [7, 11) is -3.31. The molecule has 166 valence electrons. The Morgan fingerprint density at radius 1 is 1.13 bits per heavy atom. The molecule has 0 amide bonds. The molecule has 1 aromatic carbocycles. The van der Waals surface area contributed by atoms with Gasteiger partial charge >= 0.3 is 11.9 Å². The van der Waals surface area contributed by atoms with Gasteiger partial charge in [-0.05, 0) is 31.0 Å². The summed E-state index contributed by atoms with van der Waals surface area (Å²) in [6.07, 6.45) is -0.489. The second-order valence-corrected chi connectivity index (χ2v) is 13.3. The Hall–Kier alpha value is -1.73. The summed E-state index contributed by atoms with van der Waals surface area (Å²) in [6, 6.07) is 9.85. The summed E-state index contributed by atoms with van der Waals surface area (Å²) in [4.78, 5) is 23.6. The van der Waals surface area contributed by atoms with Gasteiger partial charge < -0.3 is 18.3 Å². The van der Waals surface area contributed by atoms with Crippen molar-refractivity contribution in [3.8, 4) is 0 Å². The topological polar surface area (TPSA) is 61.8 Å². The molecule has 2 fully saturated rings. The lowest BCUT2D eigenvalue weighted by Crippen LogP contribution is -2.52. The van der Waals surface area contributed by atoms with Gasteiger partial charge in [0.1, 0.15) is 12.2 Å². The summed E-state index contributed by atoms with van der Waals surface area (Å²) < 4.78 is 33.4. The minimum absolute atomic E-state index is 0.0719. The Labute approximate surface area is 179 Å². The molecule has 2 unspecified atom stereocenters. The maximum absolute atomic E-state index is 16.0. The fraction of sp³-hybridized carbons (Fsp3) is 0.652. The maximum Gasteiger partial charge on any atom is 0.302 e. The second-order valence-electron chi connectivity index (χ2n) is 9.56. The first kappa shape index (κ1) is 22.9. The zero-order chi connectivity index (χ0) is 22.3. The van der Waals surface area contributed by atoms with Crippen LogP contribution in [0.2, 0.25) is 18.1 Å². The number of esters is 2. The third kappa shape index (κ3) is 3.71. The molecule has 0 N–H and O–H groups in total. The molecule has 2 aliphatic carbocycles. The van der Waals surface area contributed by atoms with E-state index in [0.717, 1.165) is 5.56 Å². The highest BCUT2D eigenvalue weighted by atomic mass is 28.4. The van der Waals surface area contributed by atoms with Crippen LogP contribution in [0.1, 0.15) is 39.7 Å². The Morgan fingerprint density at radius 2 is 1.73 bits per heavy atom. The fourth-order valence-electron chi connectivity index (χ4n) is 6.19. The summed E-state index contributed by atoms with van der Waals surface area (Å²) in [6.45, 7) is 10.8. The monoisotopic (exact) mass is 436 g/mol. The van der Waals surface area contributed by atoms with Crippen LogP contribution >= 0.6 is 0 Å². The van der Waals surface area contributed by atoms with Crippen molar-refractivity contribution in [1.29, 1.82) is 0 Å². The first-order valence-electron chi connectivity index (χ1n) is 10.6. The molecule has 0 bridgehead atoms. The van der Waals surface area contributed by atoms with Crippen LogP contribution in [-0.4, -0.2) is 39.2 Å². The summed E-state index contributed by atoms with van der Waals surface area (Å²) in [5.74, 6) is -1.17. The number of fused-ring (bicyclic) bond motifs is 1. The third-order valence-electron chi connectivity index (χ3n) is 7.27. The molecule has 0 heterocycles. The number of halogens is 1. The van der Waals surface area contributed by atoms with Gasteiger partial charge in [0.2, 0.25) is 0 Å². The first-order valence-corrected chi connectivity index (χ1v) is 13.5. The van der Waals surface area contributed by atoms with Gasteiger partial charge in [0.05, 0.1) is 13.2 Å². The highest BCUT2D eigenvalue weighted by Gasteiger charge is 2.86. The standard InChI is InChI=1S/C23H33FO5Si/c1-15-19(28-16(2)25)12-20-22(4,14-27-13-18-10-8-7-9-11-18)23(20,30(5,6)24)21(15)29-17(3)26/h7-11,15,19-21H,12-14H2,1-6H3/t15-,19-,20?,21+,22?,23+/m0/s1. The van der Waals surface area contributed by atoms with Crippen molar-refractivity contribution in [3.63, 3.8) is 0 Å². The normalized spacial score (nSPS) is 35.3. The van der Waals surface area contributed by atoms with E-state index in [9.17, 15) is 9.59 Å². The van der Waals surface area contributed by atoms with Crippen molar-refractivity contribution in [2.45, 2.75) is 71.1 Å². The molecule has 2 aliphatic rings. The second kappa shape index (κ2) is 8.08. The number of rotatable bonds is 7. The quantitative estimate of drug-likeness (QED) is 0.353. The lowest BCUT2D eigenvalue weighted by molar-refractivity contribution is -0.163. The molecule has 5 nitrogen and oxygen atoms in total. The van der Waals surface area contributed by atoms with Crippen molar-refractivity contribution in [3.05, 3.63) is 35.9 Å². The average molecular weight is 437 g/mol. The van der Waals surface area contributed by atoms with Crippen molar-refractivity contribution in [1.82, 2.24) is 0 Å². The molecule has 6 atom stereocenters. The Bertz CT molecular complexity index is 795. The molecule has 3 rings (SSSR count). The smallest absolute Gasteiger partial charge is 0.302 e. The van der Waals surface area contributed by atoms with Gasteiger partial charge in [-0.25, -0.2) is 0 Å². The zero-order valence-electron chi connectivity index (χ0n) is 18.7. The lowest BCUT2D eigenvalue weighted by atomic mass is 9.84. The van der Waals surface area contributed by atoms with E-state index in [4.69, 9.17) is 14.2 Å². The van der Waals surface area contributed by atoms with Crippen LogP contribution in [0.4, 0.5) is 4.11 Å². The van der Waals surface area contributed by atoms with Gasteiger partial charge in [-0.2, -0.15) is 0 Å². The Morgan fingerprint density at radius 3 is 2.27 bits per heavy atom. The summed E-state index contributed by atoms with van der Waals surface area (Å²) in [5.41, 5.74) is 0.563. The predicted molar refractivity (Wildman–Crippen MR) is 114 cm³/mol. The molecular formula is C23H33FO5Si. The van der Waals surface area contributed by atoms with Crippen LogP contribution in [0.3, 0.4) is 0 Å². The molecule has 0 saturated heterocycles. The van der Waals surface area contributed by atoms with E-state index >= 15 is 4.11 Å². The van der Waals surface area contributed by atoms with Crippen LogP contribution in [0, 0.1) is 17.3 Å². The van der Waals surface area contributed by atoms with E-state index in [1.165, 1.54) is 13.8 Å². The molecule has 7 heteroatoms. The van der Waals surface area contributed by atoms with Gasteiger partial charge in [0.15, 0.2) is 0 Å². The number of hydrogen-bond acceptors (Lipinski definition) is 5. The summed E-state index contributed by atoms with van der Waals surface area (Å²) >= 11 is 0. The molecule has 30 heavy (non-hydrogen) atoms. The SMILES string of the molecule is CC(=O)O[C@H]1CC2C(C)(COCc3ccccc3)[C@]2([Si](C)(C)F)[C@H](OC(C)=O)[C@H]1C. The van der Waals surface area contributed by atoms with Gasteiger partial charge in [0.25, 0.3) is 8.41 Å². The fourth-order valence-corrected chi connectivity index (χ4v) is 9.99. The molecule has 0 spiro atoms. The molecular weight excluding hydrogens is 403 g/mol. The number of carbonyl (C=O) groups is 2. The summed E-state index contributed by atoms with van der Waals surface area (Å²) in [5, 5.41) is -0.765. The number of hydrogen-bond donors (Lipinski definition) is 0. The number of carbonyl (C=O) groups excluding carboxylic acids is 2. The van der Waals surface area contributed by atoms with Crippen LogP contribution < -0.4 is 0 Å². The van der Waals surface area contributed by atoms with Crippen LogP contribution in [0.25, 0.3) is 0 Å². The highest BCUT2D eigenvalue weighted by molar-refractivity contribution is 6.75. The Balaban J connectivity index is 1.90. The molecule has 0 radical (unpaired) electrons. The van der Waals surface area contributed by atoms with Crippen LogP contribution in [-0.2, 0) is 30.4 Å². The van der Waals surface area contributed by atoms with Crippen molar-refractivity contribution in [2.24, 2.45) is 17.3 Å². The number of benzene rings is 1. The van der Waals surface area contributed by atoms with E-state index in [1.54, 1.807) is 13.1 Å². The van der Waals surface area contributed by atoms with Crippen molar-refractivity contribution in [2.75, 3.05) is 6.61 Å². The van der Waals surface area contributed by atoms with Crippen molar-refractivity contribution < 1.29 is 27.9 Å². The minimum atomic E-state index is -3.31. The van der Waals surface area contributed by atoms with E-state index in [-0.39, 0.29) is 17.8 Å². The number of ether oxygens (including phenoxy) is 3. The van der Waals surface area contributed by atoms with E-state index < -0.39 is 37.0 Å². The van der Waals surface area contributed by atoms with Gasteiger partial charge in [0, 0.05) is 30.2 Å². The molecule has 0 aliphatic heterocycles.